The molecule has 0 saturated heterocycles. The normalized spacial score (nSPS) is 23.0. The number of carbonyl (C=O) groups is 1. The maximum atomic E-state index is 11.0. The fourth-order valence-corrected chi connectivity index (χ4v) is 1.48. The maximum absolute atomic E-state index is 11.0. The molecule has 0 spiro atoms. The topological polar surface area (TPSA) is 52.3 Å². The zero-order valence-corrected chi connectivity index (χ0v) is 6.80. The van der Waals surface area contributed by atoms with Crippen LogP contribution in [0.2, 0.25) is 0 Å². The van der Waals surface area contributed by atoms with Gasteiger partial charge in [-0.15, -0.1) is 0 Å². The first-order valence-electron chi connectivity index (χ1n) is 3.88. The molecule has 3 nitrogen and oxygen atoms in total. The second kappa shape index (κ2) is 3.22. The Kier molecular flexibility index (Phi) is 2.49. The monoisotopic (exact) mass is 156 g/mol. The minimum Gasteiger partial charge on any atom is -0.368 e. The predicted octanol–water partition coefficient (Wildman–Crippen LogP) is 0.635. The summed E-state index contributed by atoms with van der Waals surface area (Å²) in [6.45, 7) is 0. The van der Waals surface area contributed by atoms with E-state index in [1.54, 1.807) is 7.11 Å². The van der Waals surface area contributed by atoms with Gasteiger partial charge in [-0.05, 0) is 32.1 Å². The van der Waals surface area contributed by atoms with Gasteiger partial charge in [-0.1, -0.05) is 0 Å². The lowest BCUT2D eigenvalue weighted by molar-refractivity contribution is -0.142. The van der Waals surface area contributed by atoms with Gasteiger partial charge in [0.2, 0.25) is 5.91 Å². The Labute approximate surface area is 66.9 Å². The van der Waals surface area contributed by atoms with E-state index >= 15 is 0 Å². The van der Waals surface area contributed by atoms with Crippen LogP contribution in [-0.4, -0.2) is 18.6 Å². The van der Waals surface area contributed by atoms with E-state index in [2.05, 4.69) is 6.42 Å². The molecule has 1 aliphatic rings. The molecule has 1 aliphatic carbocycles. The second-order valence-corrected chi connectivity index (χ2v) is 2.95. The quantitative estimate of drug-likeness (QED) is 0.637. The summed E-state index contributed by atoms with van der Waals surface area (Å²) < 4.78 is 5.13. The number of methoxy groups -OCH3 is 1. The molecule has 1 atom stereocenters. The number of nitrogens with two attached hydrogens (primary N) is 1. The molecule has 0 aliphatic heterocycles. The van der Waals surface area contributed by atoms with Crippen LogP contribution in [0.4, 0.5) is 0 Å². The van der Waals surface area contributed by atoms with Crippen LogP contribution in [0.15, 0.2) is 0 Å². The number of hydrogen-bond donors (Lipinski definition) is 1. The van der Waals surface area contributed by atoms with Gasteiger partial charge in [0.15, 0.2) is 0 Å². The Morgan fingerprint density at radius 2 is 2.45 bits per heavy atom. The molecular formula is C8H14NO2. The highest BCUT2D eigenvalue weighted by molar-refractivity contribution is 5.83. The van der Waals surface area contributed by atoms with Crippen molar-refractivity contribution in [2.75, 3.05) is 7.11 Å². The van der Waals surface area contributed by atoms with Crippen LogP contribution in [-0.2, 0) is 9.53 Å². The van der Waals surface area contributed by atoms with Crippen molar-refractivity contribution in [2.45, 2.75) is 31.3 Å². The fourth-order valence-electron chi connectivity index (χ4n) is 1.48. The number of primary amides is 1. The van der Waals surface area contributed by atoms with Crippen molar-refractivity contribution >= 4 is 5.91 Å². The zero-order valence-electron chi connectivity index (χ0n) is 6.80. The number of carbonyl (C=O) groups excluding carboxylic acids is 1. The zero-order chi connectivity index (χ0) is 8.32. The van der Waals surface area contributed by atoms with Crippen molar-refractivity contribution in [3.8, 4) is 0 Å². The van der Waals surface area contributed by atoms with Gasteiger partial charge in [-0.3, -0.25) is 4.79 Å². The number of amides is 1. The van der Waals surface area contributed by atoms with Gasteiger partial charge >= 0.3 is 0 Å². The molecule has 0 heterocycles. The molecule has 0 aromatic carbocycles. The number of rotatable bonds is 2. The molecule has 0 unspecified atom stereocenters. The minimum atomic E-state index is -0.696. The molecule has 2 N–H and O–H groups in total. The highest BCUT2D eigenvalue weighted by Crippen LogP contribution is 2.29. The molecule has 1 rings (SSSR count). The van der Waals surface area contributed by atoms with Gasteiger partial charge < -0.3 is 10.5 Å². The Balaban J connectivity index is 2.64. The van der Waals surface area contributed by atoms with Crippen molar-refractivity contribution < 1.29 is 9.53 Å². The van der Waals surface area contributed by atoms with Gasteiger partial charge in [-0.2, -0.15) is 0 Å². The van der Waals surface area contributed by atoms with Crippen LogP contribution < -0.4 is 5.73 Å². The average Bonchev–Trinajstić information content (AvgIpc) is 2.05. The van der Waals surface area contributed by atoms with E-state index in [4.69, 9.17) is 10.5 Å². The lowest BCUT2D eigenvalue weighted by Gasteiger charge is -2.32. The van der Waals surface area contributed by atoms with Crippen molar-refractivity contribution in [2.24, 2.45) is 5.73 Å². The molecule has 1 amide bonds. The third-order valence-electron chi connectivity index (χ3n) is 2.30. The summed E-state index contributed by atoms with van der Waals surface area (Å²) in [6.07, 6.45) is 5.56. The van der Waals surface area contributed by atoms with Crippen LogP contribution in [0.1, 0.15) is 25.7 Å². The fraction of sp³-hybridized carbons (Fsp3) is 0.750. The summed E-state index contributed by atoms with van der Waals surface area (Å²) in [5.74, 6) is -0.337. The van der Waals surface area contributed by atoms with Crippen LogP contribution in [0.25, 0.3) is 0 Å². The molecule has 1 radical (unpaired) electrons. The summed E-state index contributed by atoms with van der Waals surface area (Å²) in [7, 11) is 1.55. The lowest BCUT2D eigenvalue weighted by atomic mass is 9.84. The molecule has 1 fully saturated rings. The van der Waals surface area contributed by atoms with Crippen molar-refractivity contribution in [1.29, 1.82) is 0 Å². The van der Waals surface area contributed by atoms with E-state index < -0.39 is 5.60 Å². The summed E-state index contributed by atoms with van der Waals surface area (Å²) in [6, 6.07) is 0. The third kappa shape index (κ3) is 1.53. The third-order valence-corrected chi connectivity index (χ3v) is 2.30. The molecular weight excluding hydrogens is 142 g/mol. The van der Waals surface area contributed by atoms with E-state index in [0.29, 0.717) is 6.42 Å². The molecule has 3 heteroatoms. The van der Waals surface area contributed by atoms with E-state index in [-0.39, 0.29) is 5.91 Å². The van der Waals surface area contributed by atoms with E-state index in [9.17, 15) is 4.79 Å². The Hall–Kier alpha value is -0.570. The molecule has 1 saturated carbocycles. The van der Waals surface area contributed by atoms with Gasteiger partial charge in [0.05, 0.1) is 0 Å². The van der Waals surface area contributed by atoms with Crippen LogP contribution >= 0.6 is 0 Å². The van der Waals surface area contributed by atoms with Crippen LogP contribution in [0, 0.1) is 6.42 Å². The van der Waals surface area contributed by atoms with Crippen LogP contribution in [0.3, 0.4) is 0 Å². The highest BCUT2D eigenvalue weighted by atomic mass is 16.5. The summed E-state index contributed by atoms with van der Waals surface area (Å²) in [5, 5.41) is 0. The van der Waals surface area contributed by atoms with Gasteiger partial charge in [-0.25, -0.2) is 0 Å². The van der Waals surface area contributed by atoms with Gasteiger partial charge in [0, 0.05) is 7.11 Å². The van der Waals surface area contributed by atoms with Crippen LogP contribution in [0.5, 0.6) is 0 Å². The highest BCUT2D eigenvalue weighted by Gasteiger charge is 2.37. The first-order chi connectivity index (χ1) is 5.21. The van der Waals surface area contributed by atoms with E-state index in [1.165, 1.54) is 0 Å². The molecule has 11 heavy (non-hydrogen) atoms. The SMILES string of the molecule is CO[C@]1(C(N)=O)C[CH]CCC1. The smallest absolute Gasteiger partial charge is 0.249 e. The first-order valence-corrected chi connectivity index (χ1v) is 3.88. The molecule has 63 valence electrons. The Morgan fingerprint density at radius 3 is 2.73 bits per heavy atom. The van der Waals surface area contributed by atoms with E-state index in [0.717, 1.165) is 19.3 Å². The molecule has 0 aromatic rings. The van der Waals surface area contributed by atoms with Gasteiger partial charge in [0.1, 0.15) is 5.60 Å². The summed E-state index contributed by atoms with van der Waals surface area (Å²) >= 11 is 0. The Bertz CT molecular complexity index is 150. The lowest BCUT2D eigenvalue weighted by Crippen LogP contribution is -2.47. The first kappa shape index (κ1) is 8.53. The largest absolute Gasteiger partial charge is 0.368 e. The summed E-state index contributed by atoms with van der Waals surface area (Å²) in [4.78, 5) is 11.0. The number of ether oxygens (including phenoxy) is 1. The van der Waals surface area contributed by atoms with Crippen molar-refractivity contribution in [1.82, 2.24) is 0 Å². The average molecular weight is 156 g/mol. The van der Waals surface area contributed by atoms with Gasteiger partial charge in [0.25, 0.3) is 0 Å². The van der Waals surface area contributed by atoms with E-state index in [1.807, 2.05) is 0 Å². The number of hydrogen-bond acceptors (Lipinski definition) is 2. The molecule has 0 bridgehead atoms. The minimum absolute atomic E-state index is 0.337. The summed E-state index contributed by atoms with van der Waals surface area (Å²) in [5.41, 5.74) is 4.53. The second-order valence-electron chi connectivity index (χ2n) is 2.95. The standard InChI is InChI=1S/C8H14NO2/c1-11-8(7(9)10)5-3-2-4-6-8/h3H,2,4-6H2,1H3,(H2,9,10)/t8-/m1/s1. The van der Waals surface area contributed by atoms with Crippen molar-refractivity contribution in [3.05, 3.63) is 6.42 Å². The molecule has 0 aromatic heterocycles. The Morgan fingerprint density at radius 1 is 1.73 bits per heavy atom. The predicted molar refractivity (Wildman–Crippen MR) is 41.7 cm³/mol. The maximum Gasteiger partial charge on any atom is 0.249 e. The van der Waals surface area contributed by atoms with Crippen molar-refractivity contribution in [3.63, 3.8) is 0 Å².